The monoisotopic (exact) mass is 307 g/mol. The maximum atomic E-state index is 11.7. The fourth-order valence-corrected chi connectivity index (χ4v) is 3.62. The Kier molecular flexibility index (Phi) is 3.34. The number of hydrogen-bond acceptors (Lipinski definition) is 4. The zero-order chi connectivity index (χ0) is 15.9. The summed E-state index contributed by atoms with van der Waals surface area (Å²) in [5.74, 6) is 0.917. The Morgan fingerprint density at radius 3 is 2.83 bits per heavy atom. The van der Waals surface area contributed by atoms with Crippen molar-refractivity contribution in [1.29, 1.82) is 0 Å². The number of fused-ring (bicyclic) bond motifs is 3. The van der Waals surface area contributed by atoms with Crippen LogP contribution in [0.4, 0.5) is 5.69 Å². The molecule has 23 heavy (non-hydrogen) atoms. The third-order valence-electron chi connectivity index (χ3n) is 4.64. The summed E-state index contributed by atoms with van der Waals surface area (Å²) >= 11 is 0. The Labute approximate surface area is 136 Å². The van der Waals surface area contributed by atoms with Crippen LogP contribution >= 0.6 is 0 Å². The summed E-state index contributed by atoms with van der Waals surface area (Å²) in [6, 6.07) is 16.1. The number of aliphatic hydroxyl groups is 1. The van der Waals surface area contributed by atoms with Gasteiger partial charge in [0.1, 0.15) is 5.84 Å². The van der Waals surface area contributed by atoms with Crippen LogP contribution in [-0.4, -0.2) is 35.5 Å². The molecule has 2 aliphatic heterocycles. The van der Waals surface area contributed by atoms with Crippen LogP contribution in [0.15, 0.2) is 53.5 Å². The minimum atomic E-state index is -1.14. The minimum Gasteiger partial charge on any atom is -0.385 e. The molecule has 1 atom stereocenters. The van der Waals surface area contributed by atoms with Gasteiger partial charge in [0.2, 0.25) is 0 Å². The molecule has 0 spiro atoms. The molecule has 2 aromatic carbocycles. The highest BCUT2D eigenvalue weighted by Crippen LogP contribution is 2.44. The van der Waals surface area contributed by atoms with Crippen LogP contribution in [-0.2, 0) is 5.72 Å². The lowest BCUT2D eigenvalue weighted by Gasteiger charge is -2.37. The average Bonchev–Trinajstić information content (AvgIpc) is 2.87. The van der Waals surface area contributed by atoms with E-state index in [1.54, 1.807) is 0 Å². The van der Waals surface area contributed by atoms with Gasteiger partial charge in [-0.05, 0) is 31.5 Å². The maximum absolute atomic E-state index is 11.7. The first-order valence-electron chi connectivity index (χ1n) is 8.24. The highest BCUT2D eigenvalue weighted by molar-refractivity contribution is 6.05. The summed E-state index contributed by atoms with van der Waals surface area (Å²) in [5, 5.41) is 15.1. The van der Waals surface area contributed by atoms with E-state index >= 15 is 0 Å². The molecule has 2 N–H and O–H groups in total. The van der Waals surface area contributed by atoms with E-state index in [-0.39, 0.29) is 0 Å². The van der Waals surface area contributed by atoms with Crippen molar-refractivity contribution in [1.82, 2.24) is 4.90 Å². The van der Waals surface area contributed by atoms with E-state index < -0.39 is 5.72 Å². The fourth-order valence-electron chi connectivity index (χ4n) is 3.62. The van der Waals surface area contributed by atoms with Crippen LogP contribution in [0.5, 0.6) is 0 Å². The van der Waals surface area contributed by atoms with Crippen molar-refractivity contribution in [2.75, 3.05) is 25.0 Å². The molecule has 0 aromatic heterocycles. The largest absolute Gasteiger partial charge is 0.385 e. The molecule has 1 unspecified atom stereocenters. The van der Waals surface area contributed by atoms with Gasteiger partial charge in [0.25, 0.3) is 0 Å². The zero-order valence-electron chi connectivity index (χ0n) is 13.3. The van der Waals surface area contributed by atoms with Crippen LogP contribution in [0, 0.1) is 0 Å². The van der Waals surface area contributed by atoms with Gasteiger partial charge < -0.3 is 15.3 Å². The highest BCUT2D eigenvalue weighted by Gasteiger charge is 2.48. The Bertz CT molecular complexity index is 756. The summed E-state index contributed by atoms with van der Waals surface area (Å²) in [5.41, 5.74) is 2.74. The standard InChI is InChI=1S/C19H21N3O/c1-2-20-15-9-10-16-17(13-15)19(23,14-7-4-3-5-8-14)22-12-6-11-21-18(16)22/h3-5,7-10,13,20,23H,2,6,11-12H2,1H3. The van der Waals surface area contributed by atoms with Crippen molar-refractivity contribution < 1.29 is 5.11 Å². The second-order valence-electron chi connectivity index (χ2n) is 6.04. The molecule has 2 aliphatic rings. The van der Waals surface area contributed by atoms with Gasteiger partial charge in [-0.15, -0.1) is 0 Å². The third-order valence-corrected chi connectivity index (χ3v) is 4.64. The first-order chi connectivity index (χ1) is 11.2. The topological polar surface area (TPSA) is 47.9 Å². The molecular formula is C19H21N3O. The predicted molar refractivity (Wildman–Crippen MR) is 92.8 cm³/mol. The molecule has 2 heterocycles. The lowest BCUT2D eigenvalue weighted by atomic mass is 9.93. The predicted octanol–water partition coefficient (Wildman–Crippen LogP) is 2.78. The third kappa shape index (κ3) is 2.05. The fraction of sp³-hybridized carbons (Fsp3) is 0.316. The number of benzene rings is 2. The molecule has 0 saturated heterocycles. The molecule has 2 aromatic rings. The molecular weight excluding hydrogens is 286 g/mol. The molecule has 0 radical (unpaired) electrons. The number of nitrogens with one attached hydrogen (secondary N) is 1. The number of aliphatic imine (C=N–C) groups is 1. The lowest BCUT2D eigenvalue weighted by molar-refractivity contribution is -0.0317. The highest BCUT2D eigenvalue weighted by atomic mass is 16.3. The molecule has 0 bridgehead atoms. The van der Waals surface area contributed by atoms with Gasteiger partial charge in [0.05, 0.1) is 0 Å². The quantitative estimate of drug-likeness (QED) is 0.916. The molecule has 4 nitrogen and oxygen atoms in total. The Hall–Kier alpha value is -2.33. The van der Waals surface area contributed by atoms with Crippen molar-refractivity contribution in [3.63, 3.8) is 0 Å². The summed E-state index contributed by atoms with van der Waals surface area (Å²) in [6.45, 7) is 4.57. The van der Waals surface area contributed by atoms with E-state index in [1.807, 2.05) is 35.2 Å². The van der Waals surface area contributed by atoms with E-state index in [1.165, 1.54) is 0 Å². The van der Waals surface area contributed by atoms with E-state index in [9.17, 15) is 5.11 Å². The number of hydrogen-bond donors (Lipinski definition) is 2. The molecule has 0 amide bonds. The lowest BCUT2D eigenvalue weighted by Crippen LogP contribution is -2.47. The van der Waals surface area contributed by atoms with Gasteiger partial charge >= 0.3 is 0 Å². The van der Waals surface area contributed by atoms with Gasteiger partial charge in [0.15, 0.2) is 5.72 Å². The van der Waals surface area contributed by atoms with E-state index in [0.29, 0.717) is 0 Å². The van der Waals surface area contributed by atoms with Gasteiger partial charge in [-0.1, -0.05) is 30.3 Å². The average molecular weight is 307 g/mol. The second-order valence-corrected chi connectivity index (χ2v) is 6.04. The Morgan fingerprint density at radius 1 is 1.22 bits per heavy atom. The van der Waals surface area contributed by atoms with E-state index in [0.717, 1.165) is 54.3 Å². The molecule has 0 aliphatic carbocycles. The normalized spacial score (nSPS) is 22.3. The number of nitrogens with zero attached hydrogens (tertiary/aromatic N) is 2. The molecule has 4 heteroatoms. The number of anilines is 1. The van der Waals surface area contributed by atoms with Gasteiger partial charge in [-0.3, -0.25) is 4.99 Å². The van der Waals surface area contributed by atoms with E-state index in [2.05, 4.69) is 30.4 Å². The maximum Gasteiger partial charge on any atom is 0.193 e. The molecule has 0 saturated carbocycles. The van der Waals surface area contributed by atoms with E-state index in [4.69, 9.17) is 4.99 Å². The first-order valence-corrected chi connectivity index (χ1v) is 8.24. The van der Waals surface area contributed by atoms with Crippen LogP contribution in [0.2, 0.25) is 0 Å². The van der Waals surface area contributed by atoms with Crippen molar-refractivity contribution in [3.05, 3.63) is 65.2 Å². The second kappa shape index (κ2) is 5.39. The first kappa shape index (κ1) is 14.3. The molecule has 0 fully saturated rings. The molecule has 4 rings (SSSR count). The summed E-state index contributed by atoms with van der Waals surface area (Å²) in [4.78, 5) is 6.74. The van der Waals surface area contributed by atoms with Crippen LogP contribution in [0.25, 0.3) is 0 Å². The number of amidine groups is 1. The Balaban J connectivity index is 1.94. The van der Waals surface area contributed by atoms with Gasteiger partial charge in [0, 0.05) is 42.0 Å². The van der Waals surface area contributed by atoms with Crippen molar-refractivity contribution >= 4 is 11.5 Å². The van der Waals surface area contributed by atoms with Crippen LogP contribution in [0.1, 0.15) is 30.0 Å². The molecule has 118 valence electrons. The van der Waals surface area contributed by atoms with Crippen LogP contribution in [0.3, 0.4) is 0 Å². The van der Waals surface area contributed by atoms with Crippen molar-refractivity contribution in [2.45, 2.75) is 19.1 Å². The summed E-state index contributed by atoms with van der Waals surface area (Å²) < 4.78 is 0. The zero-order valence-corrected chi connectivity index (χ0v) is 13.3. The van der Waals surface area contributed by atoms with Crippen molar-refractivity contribution in [3.8, 4) is 0 Å². The van der Waals surface area contributed by atoms with Gasteiger partial charge in [-0.2, -0.15) is 0 Å². The Morgan fingerprint density at radius 2 is 2.04 bits per heavy atom. The summed E-state index contributed by atoms with van der Waals surface area (Å²) in [7, 11) is 0. The van der Waals surface area contributed by atoms with Crippen LogP contribution < -0.4 is 5.32 Å². The SMILES string of the molecule is CCNc1ccc2c(c1)C(O)(c1ccccc1)N1CCCN=C21. The summed E-state index contributed by atoms with van der Waals surface area (Å²) in [6.07, 6.45) is 0.965. The van der Waals surface area contributed by atoms with Crippen molar-refractivity contribution in [2.24, 2.45) is 4.99 Å². The minimum absolute atomic E-state index is 0.815. The van der Waals surface area contributed by atoms with Gasteiger partial charge in [-0.25, -0.2) is 0 Å². The smallest absolute Gasteiger partial charge is 0.193 e. The number of rotatable bonds is 3.